The first-order valence-electron chi connectivity index (χ1n) is 5.57. The average Bonchev–Trinajstić information content (AvgIpc) is 2.24. The van der Waals surface area contributed by atoms with E-state index in [9.17, 15) is 0 Å². The topological polar surface area (TPSA) is 29.3 Å². The Bertz CT molecular complexity index is 412. The molecule has 1 aliphatic rings. The molecule has 0 radical (unpaired) electrons. The monoisotopic (exact) mass is 236 g/mol. The minimum absolute atomic E-state index is 0.637. The average molecular weight is 237 g/mol. The number of anilines is 1. The highest BCUT2D eigenvalue weighted by Gasteiger charge is 2.10. The summed E-state index contributed by atoms with van der Waals surface area (Å²) in [5, 5.41) is 0.637. The molecule has 1 aromatic rings. The van der Waals surface area contributed by atoms with Gasteiger partial charge in [0.2, 0.25) is 0 Å². The van der Waals surface area contributed by atoms with Gasteiger partial charge in [-0.3, -0.25) is 4.90 Å². The second-order valence-electron chi connectivity index (χ2n) is 4.41. The highest BCUT2D eigenvalue weighted by molar-refractivity contribution is 6.33. The lowest BCUT2D eigenvalue weighted by atomic mass is 10.1. The molecule has 0 unspecified atom stereocenters. The Balaban J connectivity index is 2.04. The lowest BCUT2D eigenvalue weighted by Gasteiger charge is -2.26. The Kier molecular flexibility index (Phi) is 3.52. The highest BCUT2D eigenvalue weighted by atomic mass is 35.5. The molecule has 0 bridgehead atoms. The predicted octanol–water partition coefficient (Wildman–Crippen LogP) is 3.07. The van der Waals surface area contributed by atoms with Gasteiger partial charge in [0.25, 0.3) is 0 Å². The van der Waals surface area contributed by atoms with Gasteiger partial charge >= 0.3 is 0 Å². The number of hydrogen-bond acceptors (Lipinski definition) is 2. The summed E-state index contributed by atoms with van der Waals surface area (Å²) in [6.45, 7) is 5.32. The summed E-state index contributed by atoms with van der Waals surface area (Å²) in [6.07, 6.45) is 3.46. The number of hydrogen-bond donors (Lipinski definition) is 1. The van der Waals surface area contributed by atoms with Crippen LogP contribution in [0.5, 0.6) is 0 Å². The van der Waals surface area contributed by atoms with Crippen LogP contribution < -0.4 is 5.73 Å². The van der Waals surface area contributed by atoms with E-state index in [2.05, 4.69) is 17.9 Å². The molecule has 1 aromatic carbocycles. The van der Waals surface area contributed by atoms with Crippen molar-refractivity contribution >= 4 is 17.3 Å². The van der Waals surface area contributed by atoms with Gasteiger partial charge in [-0.1, -0.05) is 29.3 Å². The first-order chi connectivity index (χ1) is 7.65. The van der Waals surface area contributed by atoms with Gasteiger partial charge in [0, 0.05) is 19.6 Å². The van der Waals surface area contributed by atoms with Crippen LogP contribution in [0.2, 0.25) is 5.02 Å². The van der Waals surface area contributed by atoms with E-state index in [1.165, 1.54) is 11.1 Å². The Morgan fingerprint density at radius 1 is 1.44 bits per heavy atom. The fourth-order valence-corrected chi connectivity index (χ4v) is 2.19. The van der Waals surface area contributed by atoms with Crippen LogP contribution in [0.4, 0.5) is 5.69 Å². The number of halogens is 1. The molecule has 0 fully saturated rings. The number of benzene rings is 1. The third-order valence-electron chi connectivity index (χ3n) is 2.88. The molecule has 0 saturated heterocycles. The predicted molar refractivity (Wildman–Crippen MR) is 69.5 cm³/mol. The van der Waals surface area contributed by atoms with E-state index in [0.29, 0.717) is 10.7 Å². The van der Waals surface area contributed by atoms with Crippen LogP contribution >= 0.6 is 11.6 Å². The second-order valence-corrected chi connectivity index (χ2v) is 4.81. The minimum Gasteiger partial charge on any atom is -0.398 e. The maximum Gasteiger partial charge on any atom is 0.0635 e. The maximum atomic E-state index is 5.90. The summed E-state index contributed by atoms with van der Waals surface area (Å²) in [4.78, 5) is 2.43. The maximum absolute atomic E-state index is 5.90. The summed E-state index contributed by atoms with van der Waals surface area (Å²) in [6, 6.07) is 5.89. The fourth-order valence-electron chi connectivity index (χ4n) is 2.07. The standard InChI is InChI=1S/C13H17ClN2/c1-10-3-2-6-16(8-10)9-11-4-5-12(14)13(15)7-11/h3-5,7H,2,6,8-9,15H2,1H3. The van der Waals surface area contributed by atoms with Crippen molar-refractivity contribution in [3.8, 4) is 0 Å². The van der Waals surface area contributed by atoms with E-state index in [4.69, 9.17) is 17.3 Å². The van der Waals surface area contributed by atoms with E-state index in [-0.39, 0.29) is 0 Å². The van der Waals surface area contributed by atoms with E-state index in [1.807, 2.05) is 18.2 Å². The van der Waals surface area contributed by atoms with Crippen molar-refractivity contribution in [1.29, 1.82) is 0 Å². The van der Waals surface area contributed by atoms with Gasteiger partial charge in [0.1, 0.15) is 0 Å². The van der Waals surface area contributed by atoms with Gasteiger partial charge in [-0.2, -0.15) is 0 Å². The van der Waals surface area contributed by atoms with Gasteiger partial charge in [-0.15, -0.1) is 0 Å². The summed E-state index contributed by atoms with van der Waals surface area (Å²) < 4.78 is 0. The number of nitrogens with two attached hydrogens (primary N) is 1. The molecular formula is C13H17ClN2. The molecule has 0 saturated carbocycles. The molecule has 16 heavy (non-hydrogen) atoms. The lowest BCUT2D eigenvalue weighted by Crippen LogP contribution is -2.28. The third-order valence-corrected chi connectivity index (χ3v) is 3.22. The molecule has 2 N–H and O–H groups in total. The molecule has 0 atom stereocenters. The van der Waals surface area contributed by atoms with Crippen molar-refractivity contribution in [2.45, 2.75) is 19.9 Å². The van der Waals surface area contributed by atoms with Crippen LogP contribution in [0, 0.1) is 0 Å². The van der Waals surface area contributed by atoms with Crippen molar-refractivity contribution in [2.24, 2.45) is 0 Å². The summed E-state index contributed by atoms with van der Waals surface area (Å²) in [5.74, 6) is 0. The summed E-state index contributed by atoms with van der Waals surface area (Å²) >= 11 is 5.90. The molecule has 2 nitrogen and oxygen atoms in total. The van der Waals surface area contributed by atoms with Crippen LogP contribution in [-0.2, 0) is 6.54 Å². The minimum atomic E-state index is 0.637. The van der Waals surface area contributed by atoms with E-state index >= 15 is 0 Å². The Morgan fingerprint density at radius 3 is 2.94 bits per heavy atom. The smallest absolute Gasteiger partial charge is 0.0635 e. The normalized spacial score (nSPS) is 17.2. The van der Waals surface area contributed by atoms with E-state index in [0.717, 1.165) is 26.1 Å². The van der Waals surface area contributed by atoms with Crippen molar-refractivity contribution < 1.29 is 0 Å². The Hall–Kier alpha value is -0.990. The molecule has 0 amide bonds. The van der Waals surface area contributed by atoms with Gasteiger partial charge in [-0.25, -0.2) is 0 Å². The summed E-state index contributed by atoms with van der Waals surface area (Å²) in [7, 11) is 0. The van der Waals surface area contributed by atoms with Gasteiger partial charge in [0.05, 0.1) is 10.7 Å². The van der Waals surface area contributed by atoms with Crippen molar-refractivity contribution in [1.82, 2.24) is 4.90 Å². The van der Waals surface area contributed by atoms with Crippen molar-refractivity contribution in [3.05, 3.63) is 40.4 Å². The molecule has 1 heterocycles. The zero-order valence-corrected chi connectivity index (χ0v) is 10.3. The molecule has 2 rings (SSSR count). The fraction of sp³-hybridized carbons (Fsp3) is 0.385. The van der Waals surface area contributed by atoms with E-state index < -0.39 is 0 Å². The second kappa shape index (κ2) is 4.89. The van der Waals surface area contributed by atoms with Gasteiger partial charge < -0.3 is 5.73 Å². The largest absolute Gasteiger partial charge is 0.398 e. The molecule has 3 heteroatoms. The van der Waals surface area contributed by atoms with Crippen molar-refractivity contribution in [3.63, 3.8) is 0 Å². The summed E-state index contributed by atoms with van der Waals surface area (Å²) in [5.41, 5.74) is 9.15. The molecule has 0 aliphatic carbocycles. The zero-order valence-electron chi connectivity index (χ0n) is 9.54. The first kappa shape index (κ1) is 11.5. The Morgan fingerprint density at radius 2 is 2.25 bits per heavy atom. The molecular weight excluding hydrogens is 220 g/mol. The number of rotatable bonds is 2. The van der Waals surface area contributed by atoms with Gasteiger partial charge in [0.15, 0.2) is 0 Å². The van der Waals surface area contributed by atoms with Crippen LogP contribution in [0.1, 0.15) is 18.9 Å². The van der Waals surface area contributed by atoms with Crippen LogP contribution in [0.15, 0.2) is 29.8 Å². The lowest BCUT2D eigenvalue weighted by molar-refractivity contribution is 0.282. The zero-order chi connectivity index (χ0) is 11.5. The first-order valence-corrected chi connectivity index (χ1v) is 5.95. The van der Waals surface area contributed by atoms with Gasteiger partial charge in [-0.05, 0) is 31.0 Å². The van der Waals surface area contributed by atoms with E-state index in [1.54, 1.807) is 0 Å². The van der Waals surface area contributed by atoms with Crippen LogP contribution in [-0.4, -0.2) is 18.0 Å². The molecule has 0 aromatic heterocycles. The quantitative estimate of drug-likeness (QED) is 0.632. The van der Waals surface area contributed by atoms with Crippen molar-refractivity contribution in [2.75, 3.05) is 18.8 Å². The number of nitrogen functional groups attached to an aromatic ring is 1. The Labute approximate surface area is 102 Å². The molecule has 0 spiro atoms. The molecule has 86 valence electrons. The highest BCUT2D eigenvalue weighted by Crippen LogP contribution is 2.21. The van der Waals surface area contributed by atoms with Crippen LogP contribution in [0.3, 0.4) is 0 Å². The SMILES string of the molecule is CC1=CCCN(Cc2ccc(Cl)c(N)c2)C1. The third kappa shape index (κ3) is 2.77. The van der Waals surface area contributed by atoms with Crippen LogP contribution in [0.25, 0.3) is 0 Å². The molecule has 1 aliphatic heterocycles. The number of nitrogens with zero attached hydrogens (tertiary/aromatic N) is 1.